The highest BCUT2D eigenvalue weighted by Gasteiger charge is 2.29. The van der Waals surface area contributed by atoms with Crippen LogP contribution in [-0.4, -0.2) is 51.8 Å². The van der Waals surface area contributed by atoms with Crippen LogP contribution in [0.4, 0.5) is 0 Å². The average molecular weight is 582 g/mol. The lowest BCUT2D eigenvalue weighted by Gasteiger charge is -2.35. The maximum absolute atomic E-state index is 13.9. The van der Waals surface area contributed by atoms with Gasteiger partial charge in [-0.1, -0.05) is 47.5 Å². The first-order valence-corrected chi connectivity index (χ1v) is 14.0. The van der Waals surface area contributed by atoms with Gasteiger partial charge in [0.25, 0.3) is 11.8 Å². The van der Waals surface area contributed by atoms with Crippen molar-refractivity contribution in [2.24, 2.45) is 0 Å². The summed E-state index contributed by atoms with van der Waals surface area (Å²) in [7, 11) is 0. The van der Waals surface area contributed by atoms with Gasteiger partial charge in [0.2, 0.25) is 0 Å². The summed E-state index contributed by atoms with van der Waals surface area (Å²) in [6.07, 6.45) is 3.26. The molecule has 1 N–H and O–H groups in total. The van der Waals surface area contributed by atoms with Crippen molar-refractivity contribution in [3.63, 3.8) is 0 Å². The van der Waals surface area contributed by atoms with E-state index in [0.29, 0.717) is 29.4 Å². The van der Waals surface area contributed by atoms with E-state index in [4.69, 9.17) is 33.0 Å². The number of aromatic nitrogens is 2. The van der Waals surface area contributed by atoms with Gasteiger partial charge < -0.3 is 15.0 Å². The van der Waals surface area contributed by atoms with Crippen molar-refractivity contribution in [3.05, 3.63) is 99.1 Å². The monoisotopic (exact) mass is 580 g/mol. The molecular formula is C29H26Cl2N4O3S. The standard InChI is InChI=1S/C29H26Cl2N4O3S/c1-18-15-34(16-19(2)38-18)29(37)25(32-28(36)23-11-10-21(30)14-24(23)31)13-20-17-35(22-7-4-3-5-8-22)33-27(20)26-9-6-12-39-26/h3-14,17-19H,15-16H2,1-2H3,(H,32,36)/b25-13-. The van der Waals surface area contributed by atoms with Gasteiger partial charge in [-0.15, -0.1) is 11.3 Å². The number of rotatable bonds is 6. The van der Waals surface area contributed by atoms with E-state index in [1.54, 1.807) is 33.1 Å². The number of amides is 2. The van der Waals surface area contributed by atoms with Crippen molar-refractivity contribution < 1.29 is 14.3 Å². The Labute approximate surface area is 240 Å². The Hall–Kier alpha value is -3.43. The van der Waals surface area contributed by atoms with Gasteiger partial charge in [-0.25, -0.2) is 4.68 Å². The molecule has 0 spiro atoms. The topological polar surface area (TPSA) is 76.5 Å². The molecule has 5 rings (SSSR count). The molecule has 1 aliphatic heterocycles. The van der Waals surface area contributed by atoms with Gasteiger partial charge in [-0.3, -0.25) is 9.59 Å². The van der Waals surface area contributed by atoms with Crippen LogP contribution in [-0.2, 0) is 9.53 Å². The largest absolute Gasteiger partial charge is 0.372 e. The van der Waals surface area contributed by atoms with Crippen molar-refractivity contribution in [1.29, 1.82) is 0 Å². The lowest BCUT2D eigenvalue weighted by Crippen LogP contribution is -2.50. The number of halogens is 2. The molecule has 1 saturated heterocycles. The lowest BCUT2D eigenvalue weighted by atomic mass is 10.1. The van der Waals surface area contributed by atoms with Gasteiger partial charge in [-0.2, -0.15) is 5.10 Å². The molecule has 2 atom stereocenters. The molecule has 0 aliphatic carbocycles. The van der Waals surface area contributed by atoms with Crippen molar-refractivity contribution >= 4 is 52.4 Å². The van der Waals surface area contributed by atoms with Crippen molar-refractivity contribution in [2.45, 2.75) is 26.1 Å². The number of nitrogens with one attached hydrogen (secondary N) is 1. The molecule has 10 heteroatoms. The number of morpholine rings is 1. The third-order valence-corrected chi connectivity index (χ3v) is 7.60. The van der Waals surface area contributed by atoms with Crippen LogP contribution in [0.15, 0.2) is 77.9 Å². The molecule has 0 bridgehead atoms. The molecule has 2 aromatic carbocycles. The van der Waals surface area contributed by atoms with Crippen LogP contribution in [0.25, 0.3) is 22.3 Å². The summed E-state index contributed by atoms with van der Waals surface area (Å²) in [5.41, 5.74) is 2.57. The van der Waals surface area contributed by atoms with Crippen LogP contribution in [0.3, 0.4) is 0 Å². The van der Waals surface area contributed by atoms with Gasteiger partial charge in [0.15, 0.2) is 0 Å². The van der Waals surface area contributed by atoms with Crippen LogP contribution in [0.2, 0.25) is 10.0 Å². The molecule has 3 heterocycles. The predicted molar refractivity (Wildman–Crippen MR) is 155 cm³/mol. The number of hydrogen-bond acceptors (Lipinski definition) is 5. The highest BCUT2D eigenvalue weighted by Crippen LogP contribution is 2.30. The molecule has 4 aromatic rings. The predicted octanol–water partition coefficient (Wildman–Crippen LogP) is 6.31. The smallest absolute Gasteiger partial charge is 0.270 e. The Bertz CT molecular complexity index is 1510. The Kier molecular flexibility index (Phi) is 8.18. The fraction of sp³-hybridized carbons (Fsp3) is 0.207. The van der Waals surface area contributed by atoms with E-state index >= 15 is 0 Å². The SMILES string of the molecule is CC1CN(C(=O)/C(=C/c2cn(-c3ccccc3)nc2-c2cccs2)NC(=O)c2ccc(Cl)cc2Cl)CC(C)O1. The number of thiophene rings is 1. The Morgan fingerprint density at radius 1 is 1.05 bits per heavy atom. The second-order valence-corrected chi connectivity index (χ2v) is 11.1. The van der Waals surface area contributed by atoms with E-state index in [1.165, 1.54) is 12.1 Å². The van der Waals surface area contributed by atoms with E-state index in [0.717, 1.165) is 10.6 Å². The first-order valence-electron chi connectivity index (χ1n) is 12.4. The van der Waals surface area contributed by atoms with Crippen molar-refractivity contribution in [3.8, 4) is 16.3 Å². The fourth-order valence-corrected chi connectivity index (χ4v) is 5.72. The second kappa shape index (κ2) is 11.8. The molecule has 2 amide bonds. The molecule has 7 nitrogen and oxygen atoms in total. The summed E-state index contributed by atoms with van der Waals surface area (Å²) >= 11 is 13.9. The summed E-state index contributed by atoms with van der Waals surface area (Å²) in [5, 5.41) is 10.2. The third kappa shape index (κ3) is 6.25. The fourth-order valence-electron chi connectivity index (χ4n) is 4.49. The first kappa shape index (κ1) is 27.1. The zero-order chi connectivity index (χ0) is 27.5. The van der Waals surface area contributed by atoms with E-state index < -0.39 is 5.91 Å². The van der Waals surface area contributed by atoms with E-state index in [9.17, 15) is 9.59 Å². The number of hydrogen-bond donors (Lipinski definition) is 1. The van der Waals surface area contributed by atoms with Crippen LogP contribution >= 0.6 is 34.5 Å². The van der Waals surface area contributed by atoms with Gasteiger partial charge in [0, 0.05) is 29.9 Å². The molecule has 39 heavy (non-hydrogen) atoms. The van der Waals surface area contributed by atoms with Crippen LogP contribution in [0.5, 0.6) is 0 Å². The molecule has 2 unspecified atom stereocenters. The number of carbonyl (C=O) groups is 2. The maximum Gasteiger partial charge on any atom is 0.270 e. The minimum atomic E-state index is -0.515. The lowest BCUT2D eigenvalue weighted by molar-refractivity contribution is -0.139. The van der Waals surface area contributed by atoms with Gasteiger partial charge in [-0.05, 0) is 61.7 Å². The molecule has 0 saturated carbocycles. The van der Waals surface area contributed by atoms with Crippen molar-refractivity contribution in [2.75, 3.05) is 13.1 Å². The molecule has 1 aliphatic rings. The van der Waals surface area contributed by atoms with Crippen LogP contribution < -0.4 is 5.32 Å². The first-order chi connectivity index (χ1) is 18.8. The van der Waals surface area contributed by atoms with E-state index in [-0.39, 0.29) is 34.4 Å². The highest BCUT2D eigenvalue weighted by atomic mass is 35.5. The summed E-state index contributed by atoms with van der Waals surface area (Å²) in [5.74, 6) is -0.834. The number of carbonyl (C=O) groups excluding carboxylic acids is 2. The second-order valence-electron chi connectivity index (χ2n) is 9.29. The Morgan fingerprint density at radius 2 is 1.79 bits per heavy atom. The van der Waals surface area contributed by atoms with Gasteiger partial charge >= 0.3 is 0 Å². The summed E-state index contributed by atoms with van der Waals surface area (Å²) in [6, 6.07) is 18.2. The highest BCUT2D eigenvalue weighted by molar-refractivity contribution is 7.13. The molecule has 1 fully saturated rings. The summed E-state index contributed by atoms with van der Waals surface area (Å²) in [6.45, 7) is 4.65. The normalized spacial score (nSPS) is 17.7. The maximum atomic E-state index is 13.9. The van der Waals surface area contributed by atoms with Gasteiger partial charge in [0.05, 0.1) is 33.4 Å². The van der Waals surface area contributed by atoms with Gasteiger partial charge in [0.1, 0.15) is 11.4 Å². The minimum Gasteiger partial charge on any atom is -0.372 e. The molecule has 0 radical (unpaired) electrons. The quantitative estimate of drug-likeness (QED) is 0.271. The number of para-hydroxylation sites is 1. The zero-order valence-electron chi connectivity index (χ0n) is 21.3. The Balaban J connectivity index is 1.58. The van der Waals surface area contributed by atoms with Crippen molar-refractivity contribution in [1.82, 2.24) is 20.0 Å². The molecule has 2 aromatic heterocycles. The number of nitrogens with zero attached hydrogens (tertiary/aromatic N) is 3. The van der Waals surface area contributed by atoms with E-state index in [1.807, 2.05) is 67.9 Å². The summed E-state index contributed by atoms with van der Waals surface area (Å²) in [4.78, 5) is 29.9. The van der Waals surface area contributed by atoms with Crippen LogP contribution in [0.1, 0.15) is 29.8 Å². The Morgan fingerprint density at radius 3 is 2.46 bits per heavy atom. The van der Waals surface area contributed by atoms with E-state index in [2.05, 4.69) is 5.32 Å². The number of benzene rings is 2. The third-order valence-electron chi connectivity index (χ3n) is 6.18. The summed E-state index contributed by atoms with van der Waals surface area (Å²) < 4.78 is 7.58. The van der Waals surface area contributed by atoms with Crippen LogP contribution in [0, 0.1) is 0 Å². The minimum absolute atomic E-state index is 0.109. The zero-order valence-corrected chi connectivity index (χ0v) is 23.6. The molecule has 200 valence electrons. The number of ether oxygens (including phenoxy) is 1. The molecular weight excluding hydrogens is 555 g/mol. The average Bonchev–Trinajstić information content (AvgIpc) is 3.58.